The van der Waals surface area contributed by atoms with Crippen molar-refractivity contribution < 1.29 is 32.9 Å². The lowest BCUT2D eigenvalue weighted by Gasteiger charge is -2.60. The van der Waals surface area contributed by atoms with Gasteiger partial charge in [0.15, 0.2) is 0 Å². The first-order valence-corrected chi connectivity index (χ1v) is 16.7. The van der Waals surface area contributed by atoms with E-state index in [0.717, 1.165) is 5.56 Å². The van der Waals surface area contributed by atoms with Crippen LogP contribution in [0.3, 0.4) is 0 Å². The van der Waals surface area contributed by atoms with E-state index in [-0.39, 0.29) is 46.9 Å². The summed E-state index contributed by atoms with van der Waals surface area (Å²) >= 11 is 1.34. The number of nitriles is 1. The van der Waals surface area contributed by atoms with Crippen molar-refractivity contribution in [3.8, 4) is 6.07 Å². The van der Waals surface area contributed by atoms with E-state index in [1.807, 2.05) is 85.7 Å². The Balaban J connectivity index is 2.20. The molecule has 4 unspecified atom stereocenters. The quantitative estimate of drug-likeness (QED) is 0.189. The third-order valence-electron chi connectivity index (χ3n) is 7.40. The summed E-state index contributed by atoms with van der Waals surface area (Å²) in [6.07, 6.45) is -1.32. The molecule has 9 nitrogen and oxygen atoms in total. The zero-order chi connectivity index (χ0) is 29.9. The molecule has 1 aliphatic carbocycles. The van der Waals surface area contributed by atoms with E-state index < -0.39 is 38.5 Å². The van der Waals surface area contributed by atoms with Gasteiger partial charge in [0.2, 0.25) is 5.91 Å². The first-order valence-electron chi connectivity index (χ1n) is 13.9. The van der Waals surface area contributed by atoms with Gasteiger partial charge >= 0.3 is 8.56 Å². The molecular weight excluding hydrogens is 548 g/mol. The molecule has 0 bridgehead atoms. The molecule has 222 valence electrons. The Kier molecular flexibility index (Phi) is 10.7. The molecule has 40 heavy (non-hydrogen) atoms. The molecule has 3 rings (SSSR count). The highest BCUT2D eigenvalue weighted by Crippen LogP contribution is 2.53. The Morgan fingerprint density at radius 2 is 1.73 bits per heavy atom. The van der Waals surface area contributed by atoms with Crippen molar-refractivity contribution in [2.24, 2.45) is 0 Å². The molecule has 2 aliphatic rings. The SMILES string of the molecule is CC(C)OC1C(O[Si](OSC(C)C)(C(C)C)C(C)C)C2(CC(=O)N2OCc2ccccc2)C(C#N)=CC1(O)CO. The molecule has 1 aliphatic heterocycles. The second-order valence-corrected chi connectivity index (χ2v) is 17.6. The van der Waals surface area contributed by atoms with Crippen LogP contribution in [0.2, 0.25) is 11.1 Å². The summed E-state index contributed by atoms with van der Waals surface area (Å²) in [4.78, 5) is 19.3. The molecule has 1 saturated heterocycles. The fourth-order valence-corrected chi connectivity index (χ4v) is 11.0. The van der Waals surface area contributed by atoms with Crippen molar-refractivity contribution in [2.45, 2.75) is 114 Å². The van der Waals surface area contributed by atoms with Crippen LogP contribution < -0.4 is 0 Å². The first kappa shape index (κ1) is 32.8. The maximum Gasteiger partial charge on any atom is 0.356 e. The maximum atomic E-state index is 13.2. The Labute approximate surface area is 243 Å². The van der Waals surface area contributed by atoms with Crippen LogP contribution in [0.5, 0.6) is 0 Å². The second-order valence-electron chi connectivity index (χ2n) is 11.8. The van der Waals surface area contributed by atoms with Gasteiger partial charge in [-0.2, -0.15) is 5.26 Å². The van der Waals surface area contributed by atoms with Gasteiger partial charge < -0.3 is 23.2 Å². The summed E-state index contributed by atoms with van der Waals surface area (Å²) < 4.78 is 20.0. The first-order chi connectivity index (χ1) is 18.8. The highest BCUT2D eigenvalue weighted by molar-refractivity contribution is 7.96. The average Bonchev–Trinajstić information content (AvgIpc) is 2.89. The van der Waals surface area contributed by atoms with Gasteiger partial charge in [0.25, 0.3) is 0 Å². The molecule has 1 aromatic carbocycles. The topological polar surface area (TPSA) is 121 Å². The van der Waals surface area contributed by atoms with Gasteiger partial charge in [-0.05, 0) is 48.6 Å². The molecular formula is C29H44N2O7SSi. The Morgan fingerprint density at radius 3 is 2.20 bits per heavy atom. The van der Waals surface area contributed by atoms with E-state index in [9.17, 15) is 20.3 Å². The van der Waals surface area contributed by atoms with Gasteiger partial charge in [-0.15, -0.1) is 0 Å². The van der Waals surface area contributed by atoms with Gasteiger partial charge in [0.05, 0.1) is 30.8 Å². The minimum Gasteiger partial charge on any atom is -0.393 e. The van der Waals surface area contributed by atoms with E-state index in [0.29, 0.717) is 0 Å². The second kappa shape index (κ2) is 13.0. The van der Waals surface area contributed by atoms with Crippen molar-refractivity contribution in [1.82, 2.24) is 5.06 Å². The molecule has 1 heterocycles. The van der Waals surface area contributed by atoms with Gasteiger partial charge in [-0.3, -0.25) is 9.63 Å². The lowest BCUT2D eigenvalue weighted by atomic mass is 9.65. The van der Waals surface area contributed by atoms with Crippen LogP contribution in [-0.2, 0) is 29.3 Å². The summed E-state index contributed by atoms with van der Waals surface area (Å²) in [5, 5.41) is 33.9. The molecule has 2 N–H and O–H groups in total. The molecule has 11 heteroatoms. The smallest absolute Gasteiger partial charge is 0.356 e. The molecule has 0 saturated carbocycles. The number of carbonyl (C=O) groups excluding carboxylic acids is 1. The van der Waals surface area contributed by atoms with Crippen molar-refractivity contribution in [1.29, 1.82) is 5.26 Å². The number of aliphatic hydroxyl groups excluding tert-OH is 1. The highest BCUT2D eigenvalue weighted by atomic mass is 32.2. The molecule has 1 amide bonds. The van der Waals surface area contributed by atoms with Crippen molar-refractivity contribution >= 4 is 26.5 Å². The number of nitrogens with zero attached hydrogens (tertiary/aromatic N) is 2. The predicted molar refractivity (Wildman–Crippen MR) is 156 cm³/mol. The zero-order valence-electron chi connectivity index (χ0n) is 24.8. The van der Waals surface area contributed by atoms with Crippen molar-refractivity contribution in [2.75, 3.05) is 6.61 Å². The number of rotatable bonds is 13. The fraction of sp³-hybridized carbons (Fsp3) is 0.655. The van der Waals surface area contributed by atoms with Crippen LogP contribution in [0.15, 0.2) is 42.0 Å². The summed E-state index contributed by atoms with van der Waals surface area (Å²) in [6.45, 7) is 15.2. The van der Waals surface area contributed by atoms with Crippen LogP contribution in [0, 0.1) is 11.3 Å². The molecule has 1 aromatic rings. The number of benzene rings is 1. The number of β-lactam (4-membered cyclic amide) rings is 1. The van der Waals surface area contributed by atoms with Gasteiger partial charge in [0.1, 0.15) is 30.0 Å². The normalized spacial score (nSPS) is 27.1. The van der Waals surface area contributed by atoms with E-state index in [1.165, 1.54) is 23.2 Å². The van der Waals surface area contributed by atoms with Gasteiger partial charge in [0, 0.05) is 5.25 Å². The van der Waals surface area contributed by atoms with E-state index in [4.69, 9.17) is 17.9 Å². The third kappa shape index (κ3) is 6.20. The Morgan fingerprint density at radius 1 is 1.10 bits per heavy atom. The lowest BCUT2D eigenvalue weighted by Crippen LogP contribution is -2.78. The van der Waals surface area contributed by atoms with Crippen molar-refractivity contribution in [3.05, 3.63) is 47.5 Å². The number of amides is 1. The molecule has 0 radical (unpaired) electrons. The Hall–Kier alpha value is -1.75. The summed E-state index contributed by atoms with van der Waals surface area (Å²) in [5.74, 6) is -0.317. The van der Waals surface area contributed by atoms with Gasteiger partial charge in [-0.1, -0.05) is 71.9 Å². The minimum absolute atomic E-state index is 0.0383. The molecule has 1 fully saturated rings. The Bertz CT molecular complexity index is 1090. The van der Waals surface area contributed by atoms with Crippen LogP contribution in [0.4, 0.5) is 0 Å². The minimum atomic E-state index is -3.16. The van der Waals surface area contributed by atoms with Crippen LogP contribution in [-0.4, -0.2) is 71.1 Å². The fourth-order valence-electron chi connectivity index (χ4n) is 5.38. The average molecular weight is 593 g/mol. The van der Waals surface area contributed by atoms with E-state index in [1.54, 1.807) is 0 Å². The number of hydrogen-bond acceptors (Lipinski definition) is 9. The van der Waals surface area contributed by atoms with E-state index in [2.05, 4.69) is 6.07 Å². The predicted octanol–water partition coefficient (Wildman–Crippen LogP) is 4.79. The van der Waals surface area contributed by atoms with Gasteiger partial charge in [-0.25, -0.2) is 5.06 Å². The summed E-state index contributed by atoms with van der Waals surface area (Å²) in [5.41, 5.74) is -2.46. The number of aliphatic hydroxyl groups is 2. The van der Waals surface area contributed by atoms with Crippen molar-refractivity contribution in [3.63, 3.8) is 0 Å². The summed E-state index contributed by atoms with van der Waals surface area (Å²) in [6, 6.07) is 11.6. The monoisotopic (exact) mass is 592 g/mol. The zero-order valence-corrected chi connectivity index (χ0v) is 26.6. The number of carbonyl (C=O) groups is 1. The number of ether oxygens (including phenoxy) is 1. The number of hydroxylamine groups is 2. The molecule has 4 atom stereocenters. The standard InChI is InChI=1S/C29H44N2O7SSi/c1-19(2)36-26-27(37-40(21(5)6,22(7)8)38-39-20(3)4)29(24(16-30)14-28(26,34)18-32)15-25(33)31(29)35-17-23-12-10-9-11-13-23/h9-14,19-22,26-27,32,34H,15,17-18H2,1-8H3. The van der Waals surface area contributed by atoms with E-state index >= 15 is 0 Å². The number of hydrogen-bond donors (Lipinski definition) is 2. The third-order valence-corrected chi connectivity index (χ3v) is 13.0. The summed E-state index contributed by atoms with van der Waals surface area (Å²) in [7, 11) is -3.16. The van der Waals surface area contributed by atoms with Crippen LogP contribution in [0.1, 0.15) is 67.4 Å². The maximum absolute atomic E-state index is 13.2. The van der Waals surface area contributed by atoms with Crippen LogP contribution in [0.25, 0.3) is 0 Å². The molecule has 0 aromatic heterocycles. The largest absolute Gasteiger partial charge is 0.393 e. The van der Waals surface area contributed by atoms with Crippen LogP contribution >= 0.6 is 12.0 Å². The highest BCUT2D eigenvalue weighted by Gasteiger charge is 2.70. The molecule has 1 spiro atoms. The lowest BCUT2D eigenvalue weighted by molar-refractivity contribution is -0.292.